The molecular formula is C14H17FN2O. The molecule has 18 heavy (non-hydrogen) atoms. The molecule has 0 saturated heterocycles. The molecule has 1 aromatic rings. The van der Waals surface area contributed by atoms with Crippen molar-refractivity contribution in [2.45, 2.75) is 38.5 Å². The van der Waals surface area contributed by atoms with E-state index < -0.39 is 0 Å². The molecule has 0 radical (unpaired) electrons. The highest BCUT2D eigenvalue weighted by molar-refractivity contribution is 5.91. The van der Waals surface area contributed by atoms with Crippen molar-refractivity contribution < 1.29 is 9.18 Å². The molecule has 0 heterocycles. The summed E-state index contributed by atoms with van der Waals surface area (Å²) < 4.78 is 14.3. The largest absolute Gasteiger partial charge is 0.341 e. The lowest BCUT2D eigenvalue weighted by molar-refractivity contribution is 0.254. The van der Waals surface area contributed by atoms with Gasteiger partial charge in [0.25, 0.3) is 0 Å². The fourth-order valence-corrected chi connectivity index (χ4v) is 3.21. The van der Waals surface area contributed by atoms with Crippen LogP contribution in [0, 0.1) is 5.82 Å². The molecule has 96 valence electrons. The molecule has 0 bridgehead atoms. The van der Waals surface area contributed by atoms with Crippen LogP contribution in [0.1, 0.15) is 35.1 Å². The normalized spacial score (nSPS) is 16.3. The fourth-order valence-electron chi connectivity index (χ4n) is 3.21. The fraction of sp³-hybridized carbons (Fsp3) is 0.500. The molecule has 2 amide bonds. The molecule has 2 aliphatic rings. The van der Waals surface area contributed by atoms with Crippen LogP contribution in [0.5, 0.6) is 0 Å². The highest BCUT2D eigenvalue weighted by atomic mass is 19.1. The highest BCUT2D eigenvalue weighted by Crippen LogP contribution is 2.40. The van der Waals surface area contributed by atoms with Gasteiger partial charge in [-0.25, -0.2) is 9.18 Å². The summed E-state index contributed by atoms with van der Waals surface area (Å²) in [5, 5.41) is 5.47. The van der Waals surface area contributed by atoms with E-state index in [1.165, 1.54) is 0 Å². The van der Waals surface area contributed by atoms with Gasteiger partial charge in [-0.05, 0) is 60.8 Å². The minimum Gasteiger partial charge on any atom is -0.341 e. The second kappa shape index (κ2) is 4.26. The monoisotopic (exact) mass is 248 g/mol. The van der Waals surface area contributed by atoms with Gasteiger partial charge in [0.05, 0.1) is 0 Å². The van der Waals surface area contributed by atoms with E-state index >= 15 is 0 Å². The summed E-state index contributed by atoms with van der Waals surface area (Å²) in [6.45, 7) is 0. The predicted octanol–water partition coefficient (Wildman–Crippen LogP) is 2.55. The molecule has 0 fully saturated rings. The van der Waals surface area contributed by atoms with Gasteiger partial charge in [0, 0.05) is 12.7 Å². The number of benzene rings is 1. The lowest BCUT2D eigenvalue weighted by atomic mass is 9.98. The van der Waals surface area contributed by atoms with Crippen molar-refractivity contribution in [2.24, 2.45) is 0 Å². The average molecular weight is 248 g/mol. The molecule has 3 nitrogen and oxygen atoms in total. The van der Waals surface area contributed by atoms with Gasteiger partial charge in [0.2, 0.25) is 0 Å². The average Bonchev–Trinajstić information content (AvgIpc) is 3.02. The lowest BCUT2D eigenvalue weighted by Gasteiger charge is -2.16. The summed E-state index contributed by atoms with van der Waals surface area (Å²) in [4.78, 5) is 11.5. The highest BCUT2D eigenvalue weighted by Gasteiger charge is 2.29. The first-order valence-electron chi connectivity index (χ1n) is 6.56. The van der Waals surface area contributed by atoms with Gasteiger partial charge in [-0.15, -0.1) is 0 Å². The van der Waals surface area contributed by atoms with Crippen LogP contribution in [0.25, 0.3) is 0 Å². The molecule has 1 aromatic carbocycles. The molecule has 0 atom stereocenters. The molecule has 2 aliphatic carbocycles. The first kappa shape index (κ1) is 11.5. The Kier molecular flexibility index (Phi) is 2.73. The van der Waals surface area contributed by atoms with Gasteiger partial charge < -0.3 is 10.6 Å². The maximum absolute atomic E-state index is 14.3. The summed E-state index contributed by atoms with van der Waals surface area (Å²) in [5.74, 6) is -0.00235. The maximum atomic E-state index is 14.3. The third kappa shape index (κ3) is 1.59. The van der Waals surface area contributed by atoms with Gasteiger partial charge in [-0.1, -0.05) is 0 Å². The third-order valence-corrected chi connectivity index (χ3v) is 4.03. The number of rotatable bonds is 1. The van der Waals surface area contributed by atoms with Gasteiger partial charge in [-0.3, -0.25) is 0 Å². The molecule has 2 N–H and O–H groups in total. The smallest absolute Gasteiger partial charge is 0.318 e. The van der Waals surface area contributed by atoms with E-state index in [0.29, 0.717) is 0 Å². The van der Waals surface area contributed by atoms with Crippen molar-refractivity contribution in [3.05, 3.63) is 28.1 Å². The van der Waals surface area contributed by atoms with E-state index in [9.17, 15) is 9.18 Å². The number of amides is 2. The van der Waals surface area contributed by atoms with Crippen molar-refractivity contribution in [1.29, 1.82) is 0 Å². The van der Waals surface area contributed by atoms with Crippen LogP contribution in [-0.4, -0.2) is 13.1 Å². The van der Waals surface area contributed by atoms with Crippen LogP contribution in [-0.2, 0) is 25.7 Å². The van der Waals surface area contributed by atoms with E-state index in [4.69, 9.17) is 0 Å². The van der Waals surface area contributed by atoms with E-state index in [2.05, 4.69) is 10.6 Å². The van der Waals surface area contributed by atoms with Gasteiger partial charge in [-0.2, -0.15) is 0 Å². The Balaban J connectivity index is 2.15. The number of carbonyl (C=O) groups excluding carboxylic acids is 1. The second-order valence-corrected chi connectivity index (χ2v) is 5.01. The van der Waals surface area contributed by atoms with Crippen molar-refractivity contribution >= 4 is 11.7 Å². The topological polar surface area (TPSA) is 41.1 Å². The summed E-state index contributed by atoms with van der Waals surface area (Å²) >= 11 is 0. The number of hydrogen-bond donors (Lipinski definition) is 2. The SMILES string of the molecule is CNC(=O)Nc1c2c(c(F)c3c1CCC3)CCC2. The molecule has 0 aromatic heterocycles. The zero-order valence-corrected chi connectivity index (χ0v) is 10.5. The van der Waals surface area contributed by atoms with Gasteiger partial charge in [0.15, 0.2) is 0 Å². The number of anilines is 1. The lowest BCUT2D eigenvalue weighted by Crippen LogP contribution is -2.26. The van der Waals surface area contributed by atoms with Gasteiger partial charge >= 0.3 is 6.03 Å². The number of urea groups is 1. The van der Waals surface area contributed by atoms with E-state index in [1.807, 2.05) is 0 Å². The molecule has 3 rings (SSSR count). The van der Waals surface area contributed by atoms with E-state index in [1.54, 1.807) is 7.05 Å². The number of halogens is 1. The standard InChI is InChI=1S/C14H17FN2O/c1-16-14(18)17-13-10-6-2-4-8(10)12(15)9-5-3-7-11(9)13/h2-7H2,1H3,(H2,16,17,18). The summed E-state index contributed by atoms with van der Waals surface area (Å²) in [6, 6.07) is -0.218. The Morgan fingerprint density at radius 2 is 1.50 bits per heavy atom. The number of fused-ring (bicyclic) bond motifs is 2. The Hall–Kier alpha value is -1.58. The summed E-state index contributed by atoms with van der Waals surface area (Å²) in [6.07, 6.45) is 5.32. The van der Waals surface area contributed by atoms with Crippen molar-refractivity contribution in [3.63, 3.8) is 0 Å². The number of hydrogen-bond acceptors (Lipinski definition) is 1. The Morgan fingerprint density at radius 1 is 1.00 bits per heavy atom. The van der Waals surface area contributed by atoms with Crippen molar-refractivity contribution in [3.8, 4) is 0 Å². The quantitative estimate of drug-likeness (QED) is 0.788. The minimum atomic E-state index is -0.218. The molecule has 0 spiro atoms. The summed E-state index contributed by atoms with van der Waals surface area (Å²) in [7, 11) is 1.60. The van der Waals surface area contributed by atoms with Crippen molar-refractivity contribution in [2.75, 3.05) is 12.4 Å². The van der Waals surface area contributed by atoms with E-state index in [-0.39, 0.29) is 11.8 Å². The maximum Gasteiger partial charge on any atom is 0.318 e. The molecular weight excluding hydrogens is 231 g/mol. The first-order valence-corrected chi connectivity index (χ1v) is 6.56. The summed E-state index contributed by atoms with van der Waals surface area (Å²) in [5.41, 5.74) is 4.60. The Labute approximate surface area is 106 Å². The number of nitrogens with one attached hydrogen (secondary N) is 2. The Morgan fingerprint density at radius 3 is 2.00 bits per heavy atom. The van der Waals surface area contributed by atoms with Crippen LogP contribution in [0.4, 0.5) is 14.9 Å². The molecule has 4 heteroatoms. The molecule has 0 aliphatic heterocycles. The van der Waals surface area contributed by atoms with Gasteiger partial charge in [0.1, 0.15) is 5.82 Å². The van der Waals surface area contributed by atoms with E-state index in [0.717, 1.165) is 66.5 Å². The van der Waals surface area contributed by atoms with Crippen LogP contribution in [0.2, 0.25) is 0 Å². The predicted molar refractivity (Wildman–Crippen MR) is 68.5 cm³/mol. The first-order chi connectivity index (χ1) is 8.72. The zero-order chi connectivity index (χ0) is 12.7. The third-order valence-electron chi connectivity index (χ3n) is 4.03. The molecule has 0 unspecified atom stereocenters. The van der Waals surface area contributed by atoms with Crippen LogP contribution >= 0.6 is 0 Å². The minimum absolute atomic E-state index is 0.00235. The zero-order valence-electron chi connectivity index (χ0n) is 10.5. The number of carbonyl (C=O) groups is 1. The van der Waals surface area contributed by atoms with Crippen LogP contribution in [0.15, 0.2) is 0 Å². The van der Waals surface area contributed by atoms with Crippen molar-refractivity contribution in [1.82, 2.24) is 5.32 Å². The second-order valence-electron chi connectivity index (χ2n) is 5.01. The molecule has 0 saturated carbocycles. The Bertz CT molecular complexity index is 490. The van der Waals surface area contributed by atoms with Crippen LogP contribution in [0.3, 0.4) is 0 Å². The van der Waals surface area contributed by atoms with Crippen LogP contribution < -0.4 is 10.6 Å².